The van der Waals surface area contributed by atoms with Crippen LogP contribution in [0.1, 0.15) is 18.4 Å². The molecule has 0 unspecified atom stereocenters. The van der Waals surface area contributed by atoms with E-state index in [0.717, 1.165) is 25.9 Å². The summed E-state index contributed by atoms with van der Waals surface area (Å²) in [7, 11) is 0. The Labute approximate surface area is 113 Å². The van der Waals surface area contributed by atoms with Gasteiger partial charge in [-0.1, -0.05) is 18.2 Å². The molecule has 18 heavy (non-hydrogen) atoms. The predicted octanol–water partition coefficient (Wildman–Crippen LogP) is 1.66. The van der Waals surface area contributed by atoms with Crippen LogP contribution >= 0.6 is 12.4 Å². The van der Waals surface area contributed by atoms with Crippen LogP contribution < -0.4 is 10.6 Å². The molecule has 1 aliphatic heterocycles. The van der Waals surface area contributed by atoms with Gasteiger partial charge in [-0.15, -0.1) is 12.4 Å². The summed E-state index contributed by atoms with van der Waals surface area (Å²) in [5, 5.41) is 6.18. The predicted molar refractivity (Wildman–Crippen MR) is 71.4 cm³/mol. The van der Waals surface area contributed by atoms with Gasteiger partial charge in [0.15, 0.2) is 0 Å². The van der Waals surface area contributed by atoms with Crippen molar-refractivity contribution in [3.63, 3.8) is 0 Å². The Kier molecular flexibility index (Phi) is 6.09. The van der Waals surface area contributed by atoms with Crippen LogP contribution in [0.15, 0.2) is 24.3 Å². The van der Waals surface area contributed by atoms with E-state index in [2.05, 4.69) is 10.6 Å². The molecule has 1 aromatic rings. The molecule has 0 spiro atoms. The molecule has 2 N–H and O–H groups in total. The number of benzene rings is 1. The van der Waals surface area contributed by atoms with Crippen LogP contribution in [-0.2, 0) is 11.2 Å². The second-order valence-electron chi connectivity index (χ2n) is 4.36. The zero-order chi connectivity index (χ0) is 12.1. The monoisotopic (exact) mass is 272 g/mol. The van der Waals surface area contributed by atoms with Gasteiger partial charge in [-0.25, -0.2) is 4.39 Å². The van der Waals surface area contributed by atoms with Crippen LogP contribution in [0.2, 0.25) is 0 Å². The van der Waals surface area contributed by atoms with E-state index in [9.17, 15) is 9.18 Å². The van der Waals surface area contributed by atoms with Crippen LogP contribution in [0, 0.1) is 5.82 Å². The lowest BCUT2D eigenvalue weighted by Crippen LogP contribution is -2.43. The third-order valence-electron chi connectivity index (χ3n) is 3.01. The van der Waals surface area contributed by atoms with Gasteiger partial charge in [0.05, 0.1) is 6.42 Å². The van der Waals surface area contributed by atoms with Crippen LogP contribution in [0.25, 0.3) is 0 Å². The third-order valence-corrected chi connectivity index (χ3v) is 3.01. The van der Waals surface area contributed by atoms with E-state index in [0.29, 0.717) is 5.56 Å². The van der Waals surface area contributed by atoms with Gasteiger partial charge in [0.25, 0.3) is 0 Å². The zero-order valence-corrected chi connectivity index (χ0v) is 10.9. The van der Waals surface area contributed by atoms with Crippen LogP contribution in [-0.4, -0.2) is 25.0 Å². The van der Waals surface area contributed by atoms with Crippen molar-refractivity contribution < 1.29 is 9.18 Å². The van der Waals surface area contributed by atoms with Gasteiger partial charge < -0.3 is 10.6 Å². The first kappa shape index (κ1) is 14.9. The summed E-state index contributed by atoms with van der Waals surface area (Å²) in [5.74, 6) is -0.407. The molecule has 2 rings (SSSR count). The van der Waals surface area contributed by atoms with Crippen molar-refractivity contribution in [1.82, 2.24) is 10.6 Å². The summed E-state index contributed by atoms with van der Waals surface area (Å²) in [6, 6.07) is 6.64. The molecule has 100 valence electrons. The number of carbonyl (C=O) groups excluding carboxylic acids is 1. The standard InChI is InChI=1S/C13H17FN2O.ClH/c14-12-4-2-1-3-10(12)9-13(17)16-11-5-7-15-8-6-11;/h1-4,11,15H,5-9H2,(H,16,17);1H. The lowest BCUT2D eigenvalue weighted by atomic mass is 10.1. The van der Waals surface area contributed by atoms with Crippen molar-refractivity contribution in [3.05, 3.63) is 35.6 Å². The quantitative estimate of drug-likeness (QED) is 0.879. The lowest BCUT2D eigenvalue weighted by molar-refractivity contribution is -0.121. The Morgan fingerprint density at radius 2 is 2.00 bits per heavy atom. The van der Waals surface area contributed by atoms with E-state index < -0.39 is 0 Å². The molecule has 1 fully saturated rings. The van der Waals surface area contributed by atoms with Crippen LogP contribution in [0.4, 0.5) is 4.39 Å². The van der Waals surface area contributed by atoms with E-state index in [1.165, 1.54) is 6.07 Å². The molecule has 5 heteroatoms. The SMILES string of the molecule is Cl.O=C(Cc1ccccc1F)NC1CCNCC1. The molecule has 1 aliphatic rings. The fourth-order valence-corrected chi connectivity index (χ4v) is 2.06. The highest BCUT2D eigenvalue weighted by Gasteiger charge is 2.16. The highest BCUT2D eigenvalue weighted by atomic mass is 35.5. The van der Waals surface area contributed by atoms with E-state index in [-0.39, 0.29) is 36.6 Å². The number of halogens is 2. The topological polar surface area (TPSA) is 41.1 Å². The number of rotatable bonds is 3. The van der Waals surface area contributed by atoms with E-state index >= 15 is 0 Å². The second kappa shape index (κ2) is 7.34. The molecule has 0 bridgehead atoms. The molecule has 3 nitrogen and oxygen atoms in total. The van der Waals surface area contributed by atoms with Gasteiger partial charge in [0, 0.05) is 6.04 Å². The number of hydrogen-bond acceptors (Lipinski definition) is 2. The Morgan fingerprint density at radius 1 is 1.33 bits per heavy atom. The Hall–Kier alpha value is -1.13. The third kappa shape index (κ3) is 4.27. The highest BCUT2D eigenvalue weighted by Crippen LogP contribution is 2.08. The number of amides is 1. The van der Waals surface area contributed by atoms with Crippen molar-refractivity contribution in [2.75, 3.05) is 13.1 Å². The van der Waals surface area contributed by atoms with Crippen molar-refractivity contribution >= 4 is 18.3 Å². The summed E-state index contributed by atoms with van der Waals surface area (Å²) >= 11 is 0. The van der Waals surface area contributed by atoms with Gasteiger partial charge in [0.1, 0.15) is 5.82 Å². The maximum absolute atomic E-state index is 13.3. The maximum Gasteiger partial charge on any atom is 0.224 e. The average molecular weight is 273 g/mol. The fourth-order valence-electron chi connectivity index (χ4n) is 2.06. The number of piperidine rings is 1. The summed E-state index contributed by atoms with van der Waals surface area (Å²) in [6.07, 6.45) is 2.02. The summed E-state index contributed by atoms with van der Waals surface area (Å²) < 4.78 is 13.3. The van der Waals surface area contributed by atoms with E-state index in [4.69, 9.17) is 0 Å². The zero-order valence-electron chi connectivity index (χ0n) is 10.1. The fraction of sp³-hybridized carbons (Fsp3) is 0.462. The molecule has 0 aliphatic carbocycles. The van der Waals surface area contributed by atoms with Crippen LogP contribution in [0.5, 0.6) is 0 Å². The van der Waals surface area contributed by atoms with Gasteiger partial charge >= 0.3 is 0 Å². The molecular formula is C13H18ClFN2O. The number of hydrogen-bond donors (Lipinski definition) is 2. The number of nitrogens with one attached hydrogen (secondary N) is 2. The van der Waals surface area contributed by atoms with Gasteiger partial charge in [-0.2, -0.15) is 0 Å². The smallest absolute Gasteiger partial charge is 0.224 e. The maximum atomic E-state index is 13.3. The lowest BCUT2D eigenvalue weighted by Gasteiger charge is -2.23. The Morgan fingerprint density at radius 3 is 2.67 bits per heavy atom. The van der Waals surface area contributed by atoms with Gasteiger partial charge in [-0.05, 0) is 37.6 Å². The highest BCUT2D eigenvalue weighted by molar-refractivity contribution is 5.85. The molecule has 1 aromatic carbocycles. The van der Waals surface area contributed by atoms with Crippen LogP contribution in [0.3, 0.4) is 0 Å². The molecule has 0 saturated carbocycles. The van der Waals surface area contributed by atoms with Crippen molar-refractivity contribution in [2.24, 2.45) is 0 Å². The second-order valence-corrected chi connectivity index (χ2v) is 4.36. The van der Waals surface area contributed by atoms with Gasteiger partial charge in [0.2, 0.25) is 5.91 Å². The first-order valence-electron chi connectivity index (χ1n) is 5.99. The van der Waals surface area contributed by atoms with Gasteiger partial charge in [-0.3, -0.25) is 4.79 Å². The minimum absolute atomic E-state index is 0. The number of carbonyl (C=O) groups is 1. The molecule has 0 aromatic heterocycles. The van der Waals surface area contributed by atoms with E-state index in [1.807, 2.05) is 0 Å². The normalized spacial score (nSPS) is 15.8. The molecule has 1 heterocycles. The van der Waals surface area contributed by atoms with Crippen molar-refractivity contribution in [3.8, 4) is 0 Å². The molecule has 1 saturated heterocycles. The average Bonchev–Trinajstić information content (AvgIpc) is 2.33. The Bertz CT molecular complexity index is 394. The molecule has 1 amide bonds. The minimum Gasteiger partial charge on any atom is -0.353 e. The van der Waals surface area contributed by atoms with Crippen molar-refractivity contribution in [1.29, 1.82) is 0 Å². The van der Waals surface area contributed by atoms with E-state index in [1.54, 1.807) is 18.2 Å². The summed E-state index contributed by atoms with van der Waals surface area (Å²) in [4.78, 5) is 11.7. The molecule has 0 radical (unpaired) electrons. The molecule has 0 atom stereocenters. The molecular weight excluding hydrogens is 255 g/mol. The largest absolute Gasteiger partial charge is 0.353 e. The summed E-state index contributed by atoms with van der Waals surface area (Å²) in [6.45, 7) is 1.87. The van der Waals surface area contributed by atoms with Crippen molar-refractivity contribution in [2.45, 2.75) is 25.3 Å². The minimum atomic E-state index is -0.312. The first-order valence-corrected chi connectivity index (χ1v) is 5.99. The Balaban J connectivity index is 0.00000162. The summed E-state index contributed by atoms with van der Waals surface area (Å²) in [5.41, 5.74) is 0.457. The first-order chi connectivity index (χ1) is 8.25.